The maximum absolute atomic E-state index is 5.00. The average molecular weight is 316 g/mol. The van der Waals surface area contributed by atoms with Gasteiger partial charge in [0.2, 0.25) is 0 Å². The lowest BCUT2D eigenvalue weighted by molar-refractivity contribution is 0.398. The third-order valence-electron chi connectivity index (χ3n) is 2.73. The second-order valence-corrected chi connectivity index (χ2v) is 5.66. The lowest BCUT2D eigenvalue weighted by Crippen LogP contribution is -2.47. The molecule has 0 aromatic heterocycles. The van der Waals surface area contributed by atoms with Crippen molar-refractivity contribution in [1.29, 1.82) is 0 Å². The van der Waals surface area contributed by atoms with Crippen LogP contribution in [-0.4, -0.2) is 35.4 Å². The van der Waals surface area contributed by atoms with Gasteiger partial charge in [0.1, 0.15) is 0 Å². The SMILES string of the molecule is S=C([S-])N1CCN(c2ccc(Br)cc2)CC1. The lowest BCUT2D eigenvalue weighted by atomic mass is 10.2. The van der Waals surface area contributed by atoms with Crippen molar-refractivity contribution in [2.45, 2.75) is 0 Å². The minimum atomic E-state index is 0.593. The summed E-state index contributed by atoms with van der Waals surface area (Å²) in [6, 6.07) is 8.40. The predicted octanol–water partition coefficient (Wildman–Crippen LogP) is 2.40. The molecule has 86 valence electrons. The van der Waals surface area contributed by atoms with Crippen LogP contribution in [0.25, 0.3) is 0 Å². The number of hydrogen-bond donors (Lipinski definition) is 0. The van der Waals surface area contributed by atoms with E-state index in [0.29, 0.717) is 4.32 Å². The number of anilines is 1. The molecule has 2 nitrogen and oxygen atoms in total. The maximum atomic E-state index is 5.00. The summed E-state index contributed by atoms with van der Waals surface area (Å²) in [5.74, 6) is 0. The first-order valence-corrected chi connectivity index (χ1v) is 6.74. The quantitative estimate of drug-likeness (QED) is 0.579. The van der Waals surface area contributed by atoms with Crippen molar-refractivity contribution in [3.8, 4) is 0 Å². The Bertz CT molecular complexity index is 372. The molecule has 0 atom stereocenters. The van der Waals surface area contributed by atoms with Gasteiger partial charge in [-0.2, -0.15) is 0 Å². The van der Waals surface area contributed by atoms with Gasteiger partial charge < -0.3 is 34.6 Å². The van der Waals surface area contributed by atoms with Crippen LogP contribution in [0.5, 0.6) is 0 Å². The van der Waals surface area contributed by atoms with Crippen LogP contribution >= 0.6 is 28.1 Å². The van der Waals surface area contributed by atoms with E-state index >= 15 is 0 Å². The molecule has 0 bridgehead atoms. The van der Waals surface area contributed by atoms with Crippen LogP contribution in [0.1, 0.15) is 0 Å². The Kier molecular flexibility index (Phi) is 4.00. The monoisotopic (exact) mass is 315 g/mol. The molecule has 1 aromatic rings. The van der Waals surface area contributed by atoms with Crippen molar-refractivity contribution >= 4 is 50.8 Å². The van der Waals surface area contributed by atoms with Gasteiger partial charge in [-0.15, -0.1) is 0 Å². The highest BCUT2D eigenvalue weighted by atomic mass is 79.9. The molecule has 1 saturated heterocycles. The van der Waals surface area contributed by atoms with Crippen LogP contribution in [0.4, 0.5) is 5.69 Å². The Morgan fingerprint density at radius 3 is 2.19 bits per heavy atom. The summed E-state index contributed by atoms with van der Waals surface area (Å²) in [7, 11) is 0. The molecule has 2 rings (SSSR count). The molecule has 1 aliphatic heterocycles. The summed E-state index contributed by atoms with van der Waals surface area (Å²) >= 11 is 13.4. The van der Waals surface area contributed by atoms with Gasteiger partial charge in [-0.25, -0.2) is 0 Å². The topological polar surface area (TPSA) is 6.48 Å². The van der Waals surface area contributed by atoms with Gasteiger partial charge in [0.05, 0.1) is 0 Å². The Balaban J connectivity index is 1.99. The fourth-order valence-corrected chi connectivity index (χ4v) is 2.43. The van der Waals surface area contributed by atoms with Crippen molar-refractivity contribution in [2.75, 3.05) is 31.1 Å². The Morgan fingerprint density at radius 2 is 1.69 bits per heavy atom. The molecule has 1 aromatic carbocycles. The van der Waals surface area contributed by atoms with E-state index in [2.05, 4.69) is 50.0 Å². The summed E-state index contributed by atoms with van der Waals surface area (Å²) in [4.78, 5) is 4.44. The largest absolute Gasteiger partial charge is 0.411 e. The highest BCUT2D eigenvalue weighted by Gasteiger charge is 2.14. The predicted molar refractivity (Wildman–Crippen MR) is 77.9 cm³/mol. The molecular weight excluding hydrogens is 304 g/mol. The Labute approximate surface area is 115 Å². The summed E-state index contributed by atoms with van der Waals surface area (Å²) < 4.78 is 1.71. The van der Waals surface area contributed by atoms with Crippen LogP contribution in [0.15, 0.2) is 28.7 Å². The van der Waals surface area contributed by atoms with E-state index < -0.39 is 0 Å². The zero-order valence-electron chi connectivity index (χ0n) is 8.73. The summed E-state index contributed by atoms with van der Waals surface area (Å²) in [5, 5.41) is 0. The molecule has 0 radical (unpaired) electrons. The Morgan fingerprint density at radius 1 is 1.12 bits per heavy atom. The summed E-state index contributed by atoms with van der Waals surface area (Å²) in [6.45, 7) is 3.83. The molecular formula is C11H12BrN2S2-. The highest BCUT2D eigenvalue weighted by Crippen LogP contribution is 2.19. The molecule has 16 heavy (non-hydrogen) atoms. The number of piperazine rings is 1. The molecule has 0 saturated carbocycles. The normalized spacial score (nSPS) is 16.3. The summed E-state index contributed by atoms with van der Waals surface area (Å²) in [6.07, 6.45) is 0. The van der Waals surface area contributed by atoms with Crippen molar-refractivity contribution < 1.29 is 0 Å². The van der Waals surface area contributed by atoms with Crippen LogP contribution in [-0.2, 0) is 12.6 Å². The van der Waals surface area contributed by atoms with Crippen LogP contribution in [0.3, 0.4) is 0 Å². The Hall–Kier alpha value is -0.390. The molecule has 0 unspecified atom stereocenters. The zero-order chi connectivity index (χ0) is 11.5. The van der Waals surface area contributed by atoms with Gasteiger partial charge in [-0.05, 0) is 24.3 Å². The minimum absolute atomic E-state index is 0.593. The standard InChI is InChI=1S/C11H13BrN2S2/c12-9-1-3-10(4-2-9)13-5-7-14(8-6-13)11(15)16/h1-4H,5-8H2,(H,15,16)/p-1. The number of rotatable bonds is 1. The van der Waals surface area contributed by atoms with E-state index in [1.807, 2.05) is 0 Å². The van der Waals surface area contributed by atoms with E-state index in [9.17, 15) is 0 Å². The molecule has 0 aliphatic carbocycles. The van der Waals surface area contributed by atoms with E-state index in [1.165, 1.54) is 5.69 Å². The molecule has 0 spiro atoms. The number of thiocarbonyl (C=S) groups is 1. The molecule has 1 aliphatic rings. The smallest absolute Gasteiger partial charge is 0.0368 e. The number of hydrogen-bond acceptors (Lipinski definition) is 3. The van der Waals surface area contributed by atoms with Crippen molar-refractivity contribution in [1.82, 2.24) is 4.90 Å². The van der Waals surface area contributed by atoms with Crippen molar-refractivity contribution in [3.63, 3.8) is 0 Å². The van der Waals surface area contributed by atoms with E-state index in [4.69, 9.17) is 24.8 Å². The second kappa shape index (κ2) is 5.29. The first-order chi connectivity index (χ1) is 7.66. The van der Waals surface area contributed by atoms with Gasteiger partial charge in [0.15, 0.2) is 0 Å². The van der Waals surface area contributed by atoms with Crippen LogP contribution < -0.4 is 4.90 Å². The fourth-order valence-electron chi connectivity index (χ4n) is 1.80. The van der Waals surface area contributed by atoms with Gasteiger partial charge in [0, 0.05) is 36.3 Å². The van der Waals surface area contributed by atoms with Gasteiger partial charge in [-0.1, -0.05) is 20.3 Å². The molecule has 0 N–H and O–H groups in total. The van der Waals surface area contributed by atoms with E-state index in [-0.39, 0.29) is 0 Å². The average Bonchev–Trinajstić information content (AvgIpc) is 2.30. The first-order valence-electron chi connectivity index (χ1n) is 5.13. The second-order valence-electron chi connectivity index (χ2n) is 3.72. The maximum Gasteiger partial charge on any atom is 0.0368 e. The number of nitrogens with zero attached hydrogens (tertiary/aromatic N) is 2. The number of benzene rings is 1. The zero-order valence-corrected chi connectivity index (χ0v) is 11.9. The highest BCUT2D eigenvalue weighted by molar-refractivity contribution is 9.10. The third kappa shape index (κ3) is 2.84. The molecule has 5 heteroatoms. The first kappa shape index (κ1) is 12.1. The third-order valence-corrected chi connectivity index (χ3v) is 3.77. The minimum Gasteiger partial charge on any atom is -0.411 e. The van der Waals surface area contributed by atoms with Crippen molar-refractivity contribution in [2.24, 2.45) is 0 Å². The molecule has 1 fully saturated rings. The van der Waals surface area contributed by atoms with Crippen LogP contribution in [0, 0.1) is 0 Å². The van der Waals surface area contributed by atoms with Gasteiger partial charge in [0.25, 0.3) is 0 Å². The van der Waals surface area contributed by atoms with Gasteiger partial charge >= 0.3 is 0 Å². The van der Waals surface area contributed by atoms with E-state index in [1.54, 1.807) is 0 Å². The van der Waals surface area contributed by atoms with Crippen LogP contribution in [0.2, 0.25) is 0 Å². The van der Waals surface area contributed by atoms with E-state index in [0.717, 1.165) is 30.7 Å². The number of halogens is 1. The van der Waals surface area contributed by atoms with Gasteiger partial charge in [-0.3, -0.25) is 0 Å². The summed E-state index contributed by atoms with van der Waals surface area (Å²) in [5.41, 5.74) is 1.26. The molecule has 0 amide bonds. The van der Waals surface area contributed by atoms with Crippen molar-refractivity contribution in [3.05, 3.63) is 28.7 Å². The fraction of sp³-hybridized carbons (Fsp3) is 0.364. The molecule has 1 heterocycles. The lowest BCUT2D eigenvalue weighted by Gasteiger charge is -2.39.